The molecule has 0 radical (unpaired) electrons. The number of benzene rings is 3. The fraction of sp³-hybridized carbons (Fsp3) is 0.0870. The van der Waals surface area contributed by atoms with Gasteiger partial charge >= 0.3 is 6.18 Å². The van der Waals surface area contributed by atoms with Crippen LogP contribution in [-0.4, -0.2) is 18.2 Å². The Morgan fingerprint density at radius 3 is 2.19 bits per heavy atom. The molecule has 0 unspecified atom stereocenters. The lowest BCUT2D eigenvalue weighted by atomic mass is 10.2. The summed E-state index contributed by atoms with van der Waals surface area (Å²) in [5.74, 6) is 0. The smallest absolute Gasteiger partial charge is 0.280 e. The number of anilines is 1. The van der Waals surface area contributed by atoms with Crippen molar-refractivity contribution in [2.45, 2.75) is 17.6 Å². The lowest BCUT2D eigenvalue weighted by Crippen LogP contribution is -2.14. The standard InChI is InChI=1S/C23H18F3N3O2S/c24-23(25,26)19-12-7-13-20(14-19)28-32(30,31)21-16-29(15-17-8-3-1-4-9-17)27-22(21)18-10-5-2-6-11-18/h1-14,16,28H,15H2. The lowest BCUT2D eigenvalue weighted by Gasteiger charge is -2.11. The van der Waals surface area contributed by atoms with Crippen molar-refractivity contribution in [3.63, 3.8) is 0 Å². The maximum absolute atomic E-state index is 13.2. The van der Waals surface area contributed by atoms with Crippen LogP contribution in [0, 0.1) is 0 Å². The van der Waals surface area contributed by atoms with E-state index >= 15 is 0 Å². The number of halogens is 3. The van der Waals surface area contributed by atoms with E-state index in [2.05, 4.69) is 9.82 Å². The highest BCUT2D eigenvalue weighted by molar-refractivity contribution is 7.92. The van der Waals surface area contributed by atoms with Gasteiger partial charge in [0.2, 0.25) is 0 Å². The van der Waals surface area contributed by atoms with Crippen LogP contribution in [-0.2, 0) is 22.7 Å². The van der Waals surface area contributed by atoms with Crippen LogP contribution in [0.25, 0.3) is 11.3 Å². The van der Waals surface area contributed by atoms with Crippen LogP contribution in [0.3, 0.4) is 0 Å². The van der Waals surface area contributed by atoms with Crippen molar-refractivity contribution in [3.05, 3.63) is 102 Å². The number of nitrogens with one attached hydrogen (secondary N) is 1. The molecule has 1 N–H and O–H groups in total. The Morgan fingerprint density at radius 1 is 0.875 bits per heavy atom. The SMILES string of the molecule is O=S(=O)(Nc1cccc(C(F)(F)F)c1)c1cn(Cc2ccccc2)nc1-c1ccccc1. The first-order chi connectivity index (χ1) is 15.2. The quantitative estimate of drug-likeness (QED) is 0.421. The van der Waals surface area contributed by atoms with Crippen molar-refractivity contribution in [3.8, 4) is 11.3 Å². The number of sulfonamides is 1. The van der Waals surface area contributed by atoms with Crippen molar-refractivity contribution in [1.82, 2.24) is 9.78 Å². The van der Waals surface area contributed by atoms with E-state index in [0.29, 0.717) is 12.1 Å². The molecule has 0 aliphatic rings. The van der Waals surface area contributed by atoms with Crippen LogP contribution < -0.4 is 4.72 Å². The summed E-state index contributed by atoms with van der Waals surface area (Å²) in [6.45, 7) is 0.333. The average Bonchev–Trinajstić information content (AvgIpc) is 3.19. The first-order valence-electron chi connectivity index (χ1n) is 9.59. The molecule has 0 fully saturated rings. The molecule has 0 saturated carbocycles. The summed E-state index contributed by atoms with van der Waals surface area (Å²) in [7, 11) is -4.23. The van der Waals surface area contributed by atoms with Gasteiger partial charge in [-0.1, -0.05) is 66.7 Å². The molecule has 5 nitrogen and oxygen atoms in total. The largest absolute Gasteiger partial charge is 0.416 e. The molecule has 0 saturated heterocycles. The Bertz CT molecular complexity index is 1320. The molecular formula is C23H18F3N3O2S. The van der Waals surface area contributed by atoms with E-state index in [1.54, 1.807) is 30.3 Å². The summed E-state index contributed by atoms with van der Waals surface area (Å²) in [4.78, 5) is -0.128. The Hall–Kier alpha value is -3.59. The van der Waals surface area contributed by atoms with Crippen LogP contribution in [0.2, 0.25) is 0 Å². The maximum Gasteiger partial charge on any atom is 0.416 e. The third-order valence-corrected chi connectivity index (χ3v) is 6.08. The zero-order valence-electron chi connectivity index (χ0n) is 16.6. The second-order valence-electron chi connectivity index (χ2n) is 7.08. The lowest BCUT2D eigenvalue weighted by molar-refractivity contribution is -0.137. The molecule has 0 atom stereocenters. The highest BCUT2D eigenvalue weighted by atomic mass is 32.2. The molecule has 4 rings (SSSR count). The van der Waals surface area contributed by atoms with E-state index in [1.807, 2.05) is 30.3 Å². The first kappa shape index (κ1) is 21.6. The van der Waals surface area contributed by atoms with E-state index < -0.39 is 21.8 Å². The molecule has 9 heteroatoms. The molecule has 0 amide bonds. The van der Waals surface area contributed by atoms with Gasteiger partial charge in [0.1, 0.15) is 10.6 Å². The van der Waals surface area contributed by atoms with Gasteiger partial charge in [-0.15, -0.1) is 0 Å². The third-order valence-electron chi connectivity index (χ3n) is 4.69. The fourth-order valence-electron chi connectivity index (χ4n) is 3.22. The zero-order chi connectivity index (χ0) is 22.8. The minimum Gasteiger partial charge on any atom is -0.280 e. The van der Waals surface area contributed by atoms with Crippen molar-refractivity contribution in [2.75, 3.05) is 4.72 Å². The molecule has 1 aromatic heterocycles. The summed E-state index contributed by atoms with van der Waals surface area (Å²) in [5, 5.41) is 4.46. The van der Waals surface area contributed by atoms with Gasteiger partial charge < -0.3 is 0 Å². The van der Waals surface area contributed by atoms with Crippen molar-refractivity contribution >= 4 is 15.7 Å². The van der Waals surface area contributed by atoms with Crippen molar-refractivity contribution < 1.29 is 21.6 Å². The normalized spacial score (nSPS) is 12.0. The van der Waals surface area contributed by atoms with Crippen LogP contribution in [0.5, 0.6) is 0 Å². The van der Waals surface area contributed by atoms with Gasteiger partial charge in [0.15, 0.2) is 0 Å². The minimum absolute atomic E-state index is 0.128. The predicted octanol–water partition coefficient (Wildman–Crippen LogP) is 5.42. The van der Waals surface area contributed by atoms with Crippen molar-refractivity contribution in [2.24, 2.45) is 0 Å². The second-order valence-corrected chi connectivity index (χ2v) is 8.73. The van der Waals surface area contributed by atoms with Gasteiger partial charge in [-0.05, 0) is 23.8 Å². The zero-order valence-corrected chi connectivity index (χ0v) is 17.4. The van der Waals surface area contributed by atoms with Gasteiger partial charge in [-0.3, -0.25) is 9.40 Å². The molecule has 0 spiro atoms. The van der Waals surface area contributed by atoms with Gasteiger partial charge in [0.05, 0.1) is 12.1 Å². The molecular weight excluding hydrogens is 439 g/mol. The van der Waals surface area contributed by atoms with Gasteiger partial charge in [-0.2, -0.15) is 18.3 Å². The number of rotatable bonds is 6. The molecule has 0 aliphatic carbocycles. The monoisotopic (exact) mass is 457 g/mol. The van der Waals surface area contributed by atoms with Crippen molar-refractivity contribution in [1.29, 1.82) is 0 Å². The third kappa shape index (κ3) is 4.83. The molecule has 0 bridgehead atoms. The Kier molecular flexibility index (Phi) is 5.75. The number of alkyl halides is 3. The number of aromatic nitrogens is 2. The Labute approximate surface area is 183 Å². The average molecular weight is 457 g/mol. The van der Waals surface area contributed by atoms with Crippen LogP contribution in [0.1, 0.15) is 11.1 Å². The Balaban J connectivity index is 1.74. The van der Waals surface area contributed by atoms with Gasteiger partial charge in [0.25, 0.3) is 10.0 Å². The number of hydrogen-bond donors (Lipinski definition) is 1. The highest BCUT2D eigenvalue weighted by Gasteiger charge is 2.31. The molecule has 1 heterocycles. The van der Waals surface area contributed by atoms with E-state index in [1.165, 1.54) is 16.9 Å². The van der Waals surface area contributed by atoms with Crippen LogP contribution >= 0.6 is 0 Å². The van der Waals surface area contributed by atoms with E-state index in [9.17, 15) is 21.6 Å². The molecule has 164 valence electrons. The minimum atomic E-state index is -4.59. The summed E-state index contributed by atoms with van der Waals surface area (Å²) in [5.41, 5.74) is 0.574. The highest BCUT2D eigenvalue weighted by Crippen LogP contribution is 2.32. The van der Waals surface area contributed by atoms with E-state index in [4.69, 9.17) is 0 Å². The van der Waals surface area contributed by atoms with Crippen LogP contribution in [0.4, 0.5) is 18.9 Å². The summed E-state index contributed by atoms with van der Waals surface area (Å²) >= 11 is 0. The second kappa shape index (κ2) is 8.51. The predicted molar refractivity (Wildman–Crippen MR) is 115 cm³/mol. The number of hydrogen-bond acceptors (Lipinski definition) is 3. The molecule has 4 aromatic rings. The van der Waals surface area contributed by atoms with Crippen LogP contribution in [0.15, 0.2) is 96.0 Å². The van der Waals surface area contributed by atoms with Gasteiger partial charge in [-0.25, -0.2) is 8.42 Å². The van der Waals surface area contributed by atoms with E-state index in [-0.39, 0.29) is 16.3 Å². The number of nitrogens with zero attached hydrogens (tertiary/aromatic N) is 2. The van der Waals surface area contributed by atoms with Gasteiger partial charge in [0, 0.05) is 17.4 Å². The first-order valence-corrected chi connectivity index (χ1v) is 11.1. The maximum atomic E-state index is 13.2. The molecule has 3 aromatic carbocycles. The topological polar surface area (TPSA) is 64.0 Å². The fourth-order valence-corrected chi connectivity index (χ4v) is 4.44. The van der Waals surface area contributed by atoms with E-state index in [0.717, 1.165) is 23.8 Å². The summed E-state index contributed by atoms with van der Waals surface area (Å²) in [6, 6.07) is 22.2. The summed E-state index contributed by atoms with van der Waals surface area (Å²) in [6.07, 6.45) is -3.21. The Morgan fingerprint density at radius 2 is 1.53 bits per heavy atom. The molecule has 0 aliphatic heterocycles. The molecule has 32 heavy (non-hydrogen) atoms. The summed E-state index contributed by atoms with van der Waals surface area (Å²) < 4.78 is 69.2.